The second kappa shape index (κ2) is 8.21. The summed E-state index contributed by atoms with van der Waals surface area (Å²) in [5.74, 6) is -0.0547. The van der Waals surface area contributed by atoms with Gasteiger partial charge in [-0.05, 0) is 54.0 Å². The van der Waals surface area contributed by atoms with E-state index in [1.54, 1.807) is 0 Å². The van der Waals surface area contributed by atoms with Crippen molar-refractivity contribution in [2.75, 3.05) is 5.32 Å². The molecule has 4 nitrogen and oxygen atoms in total. The van der Waals surface area contributed by atoms with E-state index in [4.69, 9.17) is 5.73 Å². The van der Waals surface area contributed by atoms with Crippen LogP contribution in [-0.4, -0.2) is 11.8 Å². The SMILES string of the molecule is CCC1CCc2c(sc(NC(=O)c3ccc(-c4ccccc4)cc3)c2C(N)=O)C1. The molecule has 1 unspecified atom stereocenters. The molecule has 148 valence electrons. The van der Waals surface area contributed by atoms with Crippen LogP contribution in [0.5, 0.6) is 0 Å². The molecule has 1 aromatic heterocycles. The lowest BCUT2D eigenvalue weighted by atomic mass is 9.85. The Labute approximate surface area is 174 Å². The molecule has 1 heterocycles. The summed E-state index contributed by atoms with van der Waals surface area (Å²) >= 11 is 1.50. The van der Waals surface area contributed by atoms with Crippen molar-refractivity contribution in [2.45, 2.75) is 32.6 Å². The van der Waals surface area contributed by atoms with Crippen molar-refractivity contribution in [3.05, 3.63) is 76.2 Å². The van der Waals surface area contributed by atoms with Crippen LogP contribution in [0.1, 0.15) is 50.9 Å². The second-order valence-corrected chi connectivity index (χ2v) is 8.59. The van der Waals surface area contributed by atoms with E-state index in [0.29, 0.717) is 22.0 Å². The molecule has 0 radical (unpaired) electrons. The molecule has 0 saturated carbocycles. The minimum absolute atomic E-state index is 0.224. The molecule has 29 heavy (non-hydrogen) atoms. The molecule has 1 aliphatic carbocycles. The zero-order chi connectivity index (χ0) is 20.4. The molecule has 2 aromatic carbocycles. The number of anilines is 1. The van der Waals surface area contributed by atoms with Crippen molar-refractivity contribution in [3.8, 4) is 11.1 Å². The summed E-state index contributed by atoms with van der Waals surface area (Å²) in [6, 6.07) is 17.5. The number of rotatable bonds is 5. The van der Waals surface area contributed by atoms with Gasteiger partial charge in [0.1, 0.15) is 5.00 Å². The molecule has 5 heteroatoms. The molecule has 1 aliphatic rings. The summed E-state index contributed by atoms with van der Waals surface area (Å²) in [5.41, 5.74) is 9.90. The number of thiophene rings is 1. The van der Waals surface area contributed by atoms with E-state index in [0.717, 1.165) is 42.4 Å². The molecule has 0 spiro atoms. The van der Waals surface area contributed by atoms with E-state index < -0.39 is 5.91 Å². The van der Waals surface area contributed by atoms with Crippen molar-refractivity contribution in [3.63, 3.8) is 0 Å². The topological polar surface area (TPSA) is 72.2 Å². The second-order valence-electron chi connectivity index (χ2n) is 7.49. The van der Waals surface area contributed by atoms with Gasteiger partial charge in [-0.2, -0.15) is 0 Å². The van der Waals surface area contributed by atoms with Gasteiger partial charge in [-0.15, -0.1) is 11.3 Å². The highest BCUT2D eigenvalue weighted by Crippen LogP contribution is 2.40. The van der Waals surface area contributed by atoms with E-state index in [9.17, 15) is 9.59 Å². The summed E-state index contributed by atoms with van der Waals surface area (Å²) in [7, 11) is 0. The minimum Gasteiger partial charge on any atom is -0.365 e. The van der Waals surface area contributed by atoms with Crippen molar-refractivity contribution < 1.29 is 9.59 Å². The molecule has 0 bridgehead atoms. The quantitative estimate of drug-likeness (QED) is 0.607. The van der Waals surface area contributed by atoms with E-state index in [1.807, 2.05) is 54.6 Å². The molecule has 1 atom stereocenters. The molecule has 3 N–H and O–H groups in total. The fraction of sp³-hybridized carbons (Fsp3) is 0.250. The molecule has 0 aliphatic heterocycles. The Kier molecular flexibility index (Phi) is 5.49. The van der Waals surface area contributed by atoms with Crippen LogP contribution in [0.3, 0.4) is 0 Å². The van der Waals surface area contributed by atoms with Crippen molar-refractivity contribution in [2.24, 2.45) is 11.7 Å². The number of fused-ring (bicyclic) bond motifs is 1. The predicted octanol–water partition coefficient (Wildman–Crippen LogP) is 5.28. The van der Waals surface area contributed by atoms with Crippen molar-refractivity contribution in [1.82, 2.24) is 0 Å². The van der Waals surface area contributed by atoms with Crippen molar-refractivity contribution >= 4 is 28.2 Å². The van der Waals surface area contributed by atoms with E-state index in [1.165, 1.54) is 16.2 Å². The van der Waals surface area contributed by atoms with E-state index >= 15 is 0 Å². The first-order chi connectivity index (χ1) is 14.1. The molecule has 2 amide bonds. The Bertz CT molecular complexity index is 1040. The zero-order valence-electron chi connectivity index (χ0n) is 16.4. The Morgan fingerprint density at radius 2 is 1.76 bits per heavy atom. The monoisotopic (exact) mass is 404 g/mol. The summed E-state index contributed by atoms with van der Waals surface area (Å²) in [4.78, 5) is 26.1. The number of carbonyl (C=O) groups is 2. The Morgan fingerprint density at radius 3 is 2.41 bits per heavy atom. The predicted molar refractivity (Wildman–Crippen MR) is 118 cm³/mol. The number of primary amides is 1. The number of hydrogen-bond donors (Lipinski definition) is 2. The van der Waals surface area contributed by atoms with Gasteiger partial charge in [0.2, 0.25) is 0 Å². The third-order valence-electron chi connectivity index (χ3n) is 5.67. The maximum absolute atomic E-state index is 12.8. The molecule has 0 fully saturated rings. The summed E-state index contributed by atoms with van der Waals surface area (Å²) in [6.07, 6.45) is 4.00. The fourth-order valence-electron chi connectivity index (χ4n) is 3.97. The van der Waals surface area contributed by atoms with E-state index in [2.05, 4.69) is 12.2 Å². The van der Waals surface area contributed by atoms with Crippen LogP contribution in [-0.2, 0) is 12.8 Å². The Hall–Kier alpha value is -2.92. The largest absolute Gasteiger partial charge is 0.365 e. The Balaban J connectivity index is 1.57. The summed E-state index contributed by atoms with van der Waals surface area (Å²) in [6.45, 7) is 2.19. The number of nitrogens with two attached hydrogens (primary N) is 1. The van der Waals surface area contributed by atoms with Crippen LogP contribution in [0.4, 0.5) is 5.00 Å². The number of benzene rings is 2. The molecular formula is C24H24N2O2S. The zero-order valence-corrected chi connectivity index (χ0v) is 17.2. The molecular weight excluding hydrogens is 380 g/mol. The smallest absolute Gasteiger partial charge is 0.256 e. The first-order valence-electron chi connectivity index (χ1n) is 9.98. The highest BCUT2D eigenvalue weighted by molar-refractivity contribution is 7.17. The summed E-state index contributed by atoms with van der Waals surface area (Å²) < 4.78 is 0. The maximum Gasteiger partial charge on any atom is 0.256 e. The van der Waals surface area contributed by atoms with E-state index in [-0.39, 0.29) is 5.91 Å². The van der Waals surface area contributed by atoms with Gasteiger partial charge in [-0.3, -0.25) is 9.59 Å². The lowest BCUT2D eigenvalue weighted by Gasteiger charge is -2.20. The number of carbonyl (C=O) groups excluding carboxylic acids is 2. The maximum atomic E-state index is 12.8. The Morgan fingerprint density at radius 1 is 1.07 bits per heavy atom. The average molecular weight is 405 g/mol. The summed E-state index contributed by atoms with van der Waals surface area (Å²) in [5, 5.41) is 3.52. The van der Waals surface area contributed by atoms with Gasteiger partial charge in [0.25, 0.3) is 11.8 Å². The van der Waals surface area contributed by atoms with Crippen LogP contribution in [0, 0.1) is 5.92 Å². The van der Waals surface area contributed by atoms with Crippen LogP contribution < -0.4 is 11.1 Å². The first-order valence-corrected chi connectivity index (χ1v) is 10.8. The van der Waals surface area contributed by atoms with Gasteiger partial charge < -0.3 is 11.1 Å². The fourth-order valence-corrected chi connectivity index (χ4v) is 5.33. The van der Waals surface area contributed by atoms with Gasteiger partial charge in [-0.25, -0.2) is 0 Å². The number of hydrogen-bond acceptors (Lipinski definition) is 3. The lowest BCUT2D eigenvalue weighted by molar-refractivity contribution is 0.1000. The lowest BCUT2D eigenvalue weighted by Crippen LogP contribution is -2.19. The van der Waals surface area contributed by atoms with Crippen LogP contribution in [0.2, 0.25) is 0 Å². The average Bonchev–Trinajstić information content (AvgIpc) is 3.11. The number of amides is 2. The molecule has 4 rings (SSSR count). The standard InChI is InChI=1S/C24H24N2O2S/c1-2-15-8-13-19-20(14-15)29-24(21(19)22(25)27)26-23(28)18-11-9-17(10-12-18)16-6-4-3-5-7-16/h3-7,9-12,15H,2,8,13-14H2,1H3,(H2,25,27)(H,26,28). The van der Waals surface area contributed by atoms with Gasteiger partial charge in [0.15, 0.2) is 0 Å². The van der Waals surface area contributed by atoms with Crippen LogP contribution >= 0.6 is 11.3 Å². The van der Waals surface area contributed by atoms with Crippen LogP contribution in [0.15, 0.2) is 54.6 Å². The third-order valence-corrected chi connectivity index (χ3v) is 6.84. The molecule has 3 aromatic rings. The van der Waals surface area contributed by atoms with Gasteiger partial charge in [0.05, 0.1) is 5.56 Å². The minimum atomic E-state index is -0.466. The number of nitrogens with one attached hydrogen (secondary N) is 1. The van der Waals surface area contributed by atoms with Gasteiger partial charge in [0, 0.05) is 10.4 Å². The normalized spacial score (nSPS) is 15.6. The first kappa shape index (κ1) is 19.4. The highest BCUT2D eigenvalue weighted by atomic mass is 32.1. The highest BCUT2D eigenvalue weighted by Gasteiger charge is 2.28. The molecule has 0 saturated heterocycles. The van der Waals surface area contributed by atoms with Gasteiger partial charge >= 0.3 is 0 Å². The third kappa shape index (κ3) is 3.96. The van der Waals surface area contributed by atoms with Crippen molar-refractivity contribution in [1.29, 1.82) is 0 Å². The van der Waals surface area contributed by atoms with Crippen LogP contribution in [0.25, 0.3) is 11.1 Å². The van der Waals surface area contributed by atoms with Gasteiger partial charge in [-0.1, -0.05) is 55.8 Å².